The van der Waals surface area contributed by atoms with Gasteiger partial charge in [-0.2, -0.15) is 0 Å². The number of fused-ring (bicyclic) bond motifs is 1. The van der Waals surface area contributed by atoms with E-state index in [-0.39, 0.29) is 18.4 Å². The Kier molecular flexibility index (Phi) is 6.14. The van der Waals surface area contributed by atoms with Crippen LogP contribution in [0.1, 0.15) is 50.7 Å². The molecule has 164 valence electrons. The normalized spacial score (nSPS) is 18.7. The number of hydrogen-bond acceptors (Lipinski definition) is 3. The molecule has 1 saturated heterocycles. The number of aromatic nitrogens is 1. The zero-order valence-corrected chi connectivity index (χ0v) is 19.3. The number of hydrogen-bond donors (Lipinski definition) is 1. The maximum atomic E-state index is 12.9. The standard InChI is InChI=1S/C24H30N4O2S/c1-4-16-9-8-12-19-17(13-20-23(30)28(5-2)24(31)26(20)3)14-27(22(16)19)15-21(29)25-18-10-6-7-11-18/h8-9,12-14,18H,4-7,10-11,15H2,1-3H3,(H,25,29)/b20-13-. The molecule has 0 atom stereocenters. The molecule has 1 aliphatic heterocycles. The second-order valence-corrected chi connectivity index (χ2v) is 8.71. The van der Waals surface area contributed by atoms with Crippen LogP contribution >= 0.6 is 12.2 Å². The molecule has 6 nitrogen and oxygen atoms in total. The molecule has 0 radical (unpaired) electrons. The van der Waals surface area contributed by atoms with E-state index in [0.717, 1.165) is 35.7 Å². The van der Waals surface area contributed by atoms with Crippen molar-refractivity contribution in [1.29, 1.82) is 0 Å². The number of carbonyl (C=O) groups excluding carboxylic acids is 2. The summed E-state index contributed by atoms with van der Waals surface area (Å²) in [6.45, 7) is 4.86. The van der Waals surface area contributed by atoms with Gasteiger partial charge in [-0.05, 0) is 50.0 Å². The predicted octanol–water partition coefficient (Wildman–Crippen LogP) is 3.68. The average Bonchev–Trinajstić information content (AvgIpc) is 3.44. The Morgan fingerprint density at radius 2 is 2.00 bits per heavy atom. The molecule has 2 aliphatic rings. The lowest BCUT2D eigenvalue weighted by Crippen LogP contribution is -2.35. The van der Waals surface area contributed by atoms with Crippen LogP contribution in [0.15, 0.2) is 30.1 Å². The minimum absolute atomic E-state index is 0.0429. The van der Waals surface area contributed by atoms with Crippen molar-refractivity contribution in [2.24, 2.45) is 0 Å². The molecule has 2 fully saturated rings. The van der Waals surface area contributed by atoms with Gasteiger partial charge in [0.2, 0.25) is 5.91 Å². The van der Waals surface area contributed by atoms with Gasteiger partial charge in [-0.15, -0.1) is 0 Å². The van der Waals surface area contributed by atoms with Gasteiger partial charge >= 0.3 is 0 Å². The summed E-state index contributed by atoms with van der Waals surface area (Å²) in [5.74, 6) is -0.0390. The molecule has 1 aliphatic carbocycles. The van der Waals surface area contributed by atoms with E-state index in [2.05, 4.69) is 24.4 Å². The molecule has 2 aromatic rings. The van der Waals surface area contributed by atoms with Gasteiger partial charge in [-0.25, -0.2) is 0 Å². The number of benzene rings is 1. The fraction of sp³-hybridized carbons (Fsp3) is 0.458. The van der Waals surface area contributed by atoms with E-state index >= 15 is 0 Å². The zero-order chi connectivity index (χ0) is 22.1. The van der Waals surface area contributed by atoms with Crippen molar-refractivity contribution in [3.8, 4) is 0 Å². The molecular weight excluding hydrogens is 408 g/mol. The quantitative estimate of drug-likeness (QED) is 0.552. The van der Waals surface area contributed by atoms with Crippen LogP contribution in [0.4, 0.5) is 0 Å². The number of carbonyl (C=O) groups is 2. The largest absolute Gasteiger partial charge is 0.352 e. The van der Waals surface area contributed by atoms with Crippen LogP contribution in [0.5, 0.6) is 0 Å². The molecule has 1 aromatic heterocycles. The first kappa shape index (κ1) is 21.6. The third-order valence-corrected chi connectivity index (χ3v) is 6.87. The number of nitrogens with zero attached hydrogens (tertiary/aromatic N) is 3. The summed E-state index contributed by atoms with van der Waals surface area (Å²) < 4.78 is 2.03. The van der Waals surface area contributed by atoms with E-state index in [4.69, 9.17) is 12.2 Å². The van der Waals surface area contributed by atoms with Crippen molar-refractivity contribution in [2.45, 2.75) is 58.5 Å². The summed E-state index contributed by atoms with van der Waals surface area (Å²) in [4.78, 5) is 29.0. The van der Waals surface area contributed by atoms with Crippen LogP contribution in [0.25, 0.3) is 17.0 Å². The lowest BCUT2D eigenvalue weighted by atomic mass is 10.1. The van der Waals surface area contributed by atoms with E-state index < -0.39 is 0 Å². The summed E-state index contributed by atoms with van der Waals surface area (Å²) in [6.07, 6.45) is 9.27. The summed E-state index contributed by atoms with van der Waals surface area (Å²) in [7, 11) is 1.83. The monoisotopic (exact) mass is 438 g/mol. The number of nitrogens with one attached hydrogen (secondary N) is 1. The topological polar surface area (TPSA) is 57.6 Å². The smallest absolute Gasteiger partial charge is 0.276 e. The molecule has 1 N–H and O–H groups in total. The number of aryl methyl sites for hydroxylation is 1. The second-order valence-electron chi connectivity index (χ2n) is 8.35. The van der Waals surface area contributed by atoms with Crippen molar-refractivity contribution in [1.82, 2.24) is 19.7 Å². The maximum Gasteiger partial charge on any atom is 0.276 e. The summed E-state index contributed by atoms with van der Waals surface area (Å²) in [5, 5.41) is 4.75. The highest BCUT2D eigenvalue weighted by Gasteiger charge is 2.34. The van der Waals surface area contributed by atoms with Crippen molar-refractivity contribution in [2.75, 3.05) is 13.6 Å². The molecule has 31 heavy (non-hydrogen) atoms. The fourth-order valence-corrected chi connectivity index (χ4v) is 5.04. The van der Waals surface area contributed by atoms with Gasteiger partial charge in [0.25, 0.3) is 5.91 Å². The minimum Gasteiger partial charge on any atom is -0.352 e. The van der Waals surface area contributed by atoms with Crippen molar-refractivity contribution >= 4 is 46.1 Å². The fourth-order valence-electron chi connectivity index (χ4n) is 4.73. The van der Waals surface area contributed by atoms with Crippen LogP contribution in [0, 0.1) is 0 Å². The van der Waals surface area contributed by atoms with E-state index in [1.807, 2.05) is 36.9 Å². The molecular formula is C24H30N4O2S. The third-order valence-electron chi connectivity index (χ3n) is 6.38. The van der Waals surface area contributed by atoms with Gasteiger partial charge in [-0.3, -0.25) is 14.5 Å². The molecule has 0 bridgehead atoms. The number of likely N-dealkylation sites (N-methyl/N-ethyl adjacent to an activating group) is 2. The molecule has 2 amide bonds. The number of thiocarbonyl (C=S) groups is 1. The molecule has 1 aromatic carbocycles. The van der Waals surface area contributed by atoms with E-state index in [1.165, 1.54) is 18.4 Å². The Morgan fingerprint density at radius 1 is 1.26 bits per heavy atom. The van der Waals surface area contributed by atoms with Crippen molar-refractivity contribution in [3.63, 3.8) is 0 Å². The Labute approximate surface area is 188 Å². The van der Waals surface area contributed by atoms with Gasteiger partial charge < -0.3 is 14.8 Å². The summed E-state index contributed by atoms with van der Waals surface area (Å²) in [5.41, 5.74) is 3.73. The van der Waals surface area contributed by atoms with Crippen LogP contribution in [-0.2, 0) is 22.6 Å². The molecule has 0 spiro atoms. The first-order chi connectivity index (χ1) is 14.9. The van der Waals surface area contributed by atoms with Gasteiger partial charge in [-0.1, -0.05) is 38.0 Å². The Morgan fingerprint density at radius 3 is 2.65 bits per heavy atom. The van der Waals surface area contributed by atoms with E-state index in [9.17, 15) is 9.59 Å². The van der Waals surface area contributed by atoms with Gasteiger partial charge in [0.1, 0.15) is 12.2 Å². The Hall–Kier alpha value is -2.67. The first-order valence-electron chi connectivity index (χ1n) is 11.2. The first-order valence-corrected chi connectivity index (χ1v) is 11.6. The summed E-state index contributed by atoms with van der Waals surface area (Å²) in [6, 6.07) is 6.50. The SMILES string of the molecule is CCc1cccc2c(/C=C3/C(=O)N(CC)C(=S)N3C)cn(CC(=O)NC3CCCC3)c12. The van der Waals surface area contributed by atoms with Crippen LogP contribution in [-0.4, -0.2) is 50.9 Å². The van der Waals surface area contributed by atoms with E-state index in [1.54, 1.807) is 9.80 Å². The predicted molar refractivity (Wildman–Crippen MR) is 127 cm³/mol. The maximum absolute atomic E-state index is 12.9. The van der Waals surface area contributed by atoms with E-state index in [0.29, 0.717) is 23.4 Å². The van der Waals surface area contributed by atoms with Crippen molar-refractivity contribution < 1.29 is 9.59 Å². The minimum atomic E-state index is -0.0819. The van der Waals surface area contributed by atoms with Crippen molar-refractivity contribution in [3.05, 3.63) is 41.2 Å². The third kappa shape index (κ3) is 3.99. The summed E-state index contributed by atoms with van der Waals surface area (Å²) >= 11 is 5.43. The van der Waals surface area contributed by atoms with Crippen LogP contribution in [0.3, 0.4) is 0 Å². The molecule has 1 saturated carbocycles. The molecule has 7 heteroatoms. The number of para-hydroxylation sites is 1. The Balaban J connectivity index is 1.72. The van der Waals surface area contributed by atoms with Gasteiger partial charge in [0, 0.05) is 36.8 Å². The lowest BCUT2D eigenvalue weighted by Gasteiger charge is -2.13. The Bertz CT molecular complexity index is 1060. The zero-order valence-electron chi connectivity index (χ0n) is 18.5. The van der Waals surface area contributed by atoms with Gasteiger partial charge in [0.05, 0.1) is 5.52 Å². The molecule has 2 heterocycles. The second kappa shape index (κ2) is 8.83. The highest BCUT2D eigenvalue weighted by Crippen LogP contribution is 2.30. The molecule has 4 rings (SSSR count). The number of rotatable bonds is 6. The lowest BCUT2D eigenvalue weighted by molar-refractivity contribution is -0.123. The van der Waals surface area contributed by atoms with Crippen LogP contribution in [0.2, 0.25) is 0 Å². The van der Waals surface area contributed by atoms with Crippen LogP contribution < -0.4 is 5.32 Å². The highest BCUT2D eigenvalue weighted by atomic mass is 32.1. The molecule has 0 unspecified atom stereocenters. The number of amides is 2. The van der Waals surface area contributed by atoms with Gasteiger partial charge in [0.15, 0.2) is 5.11 Å². The highest BCUT2D eigenvalue weighted by molar-refractivity contribution is 7.80. The average molecular weight is 439 g/mol.